The summed E-state index contributed by atoms with van der Waals surface area (Å²) >= 11 is 11.1. The van der Waals surface area contributed by atoms with Crippen molar-refractivity contribution in [3.05, 3.63) is 99.6 Å². The number of nitrogens with one attached hydrogen (secondary N) is 2. The number of anilines is 1. The molecule has 0 saturated carbocycles. The van der Waals surface area contributed by atoms with Crippen LogP contribution in [0.15, 0.2) is 82.0 Å². The summed E-state index contributed by atoms with van der Waals surface area (Å²) < 4.78 is 18.5. The first-order chi connectivity index (χ1) is 14.9. The van der Waals surface area contributed by atoms with Crippen molar-refractivity contribution in [2.45, 2.75) is 0 Å². The van der Waals surface area contributed by atoms with Crippen molar-refractivity contribution in [2.75, 3.05) is 5.32 Å². The van der Waals surface area contributed by atoms with E-state index >= 15 is 0 Å². The second kappa shape index (κ2) is 8.67. The first kappa shape index (κ1) is 20.7. The van der Waals surface area contributed by atoms with Crippen molar-refractivity contribution in [3.63, 3.8) is 0 Å². The first-order valence-electron chi connectivity index (χ1n) is 9.11. The Morgan fingerprint density at radius 2 is 1.74 bits per heavy atom. The number of carbonyl (C=O) groups excluding carboxylic acids is 1. The number of benzene rings is 3. The van der Waals surface area contributed by atoms with Gasteiger partial charge in [-0.25, -0.2) is 9.18 Å². The summed E-state index contributed by atoms with van der Waals surface area (Å²) in [6.45, 7) is 0. The zero-order valence-electron chi connectivity index (χ0n) is 15.8. The van der Waals surface area contributed by atoms with Crippen LogP contribution in [0.2, 0.25) is 5.02 Å². The van der Waals surface area contributed by atoms with Gasteiger partial charge in [-0.2, -0.15) is 0 Å². The number of carbonyl (C=O) groups is 1. The average molecular weight is 453 g/mol. The van der Waals surface area contributed by atoms with Gasteiger partial charge in [0.15, 0.2) is 5.11 Å². The molecule has 1 aromatic heterocycles. The molecule has 0 radical (unpaired) electrons. The van der Waals surface area contributed by atoms with Crippen LogP contribution >= 0.6 is 23.8 Å². The Bertz CT molecular complexity index is 1370. The molecule has 0 spiro atoms. The third-order valence-corrected chi connectivity index (χ3v) is 5.01. The molecule has 0 unspecified atom stereocenters. The number of thiocarbonyl (C=S) groups is 1. The van der Waals surface area contributed by atoms with Crippen molar-refractivity contribution >= 4 is 51.5 Å². The predicted molar refractivity (Wildman–Crippen MR) is 123 cm³/mol. The van der Waals surface area contributed by atoms with Crippen LogP contribution in [0.5, 0.6) is 0 Å². The predicted octanol–water partition coefficient (Wildman–Crippen LogP) is 5.38. The van der Waals surface area contributed by atoms with Crippen molar-refractivity contribution in [1.29, 1.82) is 0 Å². The SMILES string of the molecule is O=C(NC(=S)Nc1ccc(-c2cc3ccccc3oc2=O)cc1)c1ccc(F)cc1Cl. The number of hydrogen-bond donors (Lipinski definition) is 2. The van der Waals surface area contributed by atoms with Crippen LogP contribution in [0.3, 0.4) is 0 Å². The lowest BCUT2D eigenvalue weighted by Crippen LogP contribution is -2.34. The lowest BCUT2D eigenvalue weighted by molar-refractivity contribution is 0.0978. The molecule has 0 aliphatic rings. The molecule has 0 aliphatic carbocycles. The fourth-order valence-electron chi connectivity index (χ4n) is 3.00. The van der Waals surface area contributed by atoms with Gasteiger partial charge >= 0.3 is 5.63 Å². The number of hydrogen-bond acceptors (Lipinski definition) is 4. The second-order valence-corrected chi connectivity index (χ2v) is 7.41. The molecular weight excluding hydrogens is 439 g/mol. The Kier molecular flexibility index (Phi) is 5.79. The Morgan fingerprint density at radius 3 is 2.48 bits per heavy atom. The lowest BCUT2D eigenvalue weighted by Gasteiger charge is -2.11. The summed E-state index contributed by atoms with van der Waals surface area (Å²) in [7, 11) is 0. The molecule has 154 valence electrons. The zero-order chi connectivity index (χ0) is 22.0. The Hall–Kier alpha value is -3.55. The van der Waals surface area contributed by atoms with E-state index in [9.17, 15) is 14.0 Å². The monoisotopic (exact) mass is 452 g/mol. The maximum atomic E-state index is 13.1. The van der Waals surface area contributed by atoms with Gasteiger partial charge in [0.1, 0.15) is 11.4 Å². The molecule has 0 bridgehead atoms. The van der Waals surface area contributed by atoms with E-state index in [4.69, 9.17) is 28.2 Å². The third-order valence-electron chi connectivity index (χ3n) is 4.50. The highest BCUT2D eigenvalue weighted by Gasteiger charge is 2.13. The zero-order valence-corrected chi connectivity index (χ0v) is 17.4. The lowest BCUT2D eigenvalue weighted by atomic mass is 10.1. The van der Waals surface area contributed by atoms with Crippen LogP contribution < -0.4 is 16.3 Å². The minimum atomic E-state index is -0.562. The fourth-order valence-corrected chi connectivity index (χ4v) is 3.47. The average Bonchev–Trinajstić information content (AvgIpc) is 2.73. The van der Waals surface area contributed by atoms with E-state index in [0.29, 0.717) is 22.4 Å². The highest BCUT2D eigenvalue weighted by molar-refractivity contribution is 7.80. The van der Waals surface area contributed by atoms with Crippen molar-refractivity contribution in [1.82, 2.24) is 5.32 Å². The minimum Gasteiger partial charge on any atom is -0.422 e. The van der Waals surface area contributed by atoms with Crippen LogP contribution in [0.25, 0.3) is 22.1 Å². The quantitative estimate of drug-likeness (QED) is 0.322. The first-order valence-corrected chi connectivity index (χ1v) is 9.90. The highest BCUT2D eigenvalue weighted by atomic mass is 35.5. The molecule has 0 aliphatic heterocycles. The molecule has 0 fully saturated rings. The molecule has 1 amide bonds. The standard InChI is InChI=1S/C23H14ClFN2O3S/c24-19-12-15(25)7-10-17(19)21(28)27-23(31)26-16-8-5-13(6-9-16)18-11-14-3-1-2-4-20(14)30-22(18)29/h1-12H,(H2,26,27,28,31). The Morgan fingerprint density at radius 1 is 1.00 bits per heavy atom. The van der Waals surface area contributed by atoms with Gasteiger partial charge in [0.2, 0.25) is 0 Å². The molecule has 3 aromatic carbocycles. The normalized spacial score (nSPS) is 10.6. The molecule has 2 N–H and O–H groups in total. The molecule has 1 heterocycles. The minimum absolute atomic E-state index is 0.0149. The Balaban J connectivity index is 1.47. The molecule has 0 saturated heterocycles. The van der Waals surface area contributed by atoms with Crippen molar-refractivity contribution in [3.8, 4) is 11.1 Å². The summed E-state index contributed by atoms with van der Waals surface area (Å²) in [5.74, 6) is -1.10. The Labute approximate surface area is 186 Å². The summed E-state index contributed by atoms with van der Waals surface area (Å²) in [6, 6.07) is 19.4. The number of halogens is 2. The van der Waals surface area contributed by atoms with Crippen molar-refractivity contribution < 1.29 is 13.6 Å². The summed E-state index contributed by atoms with van der Waals surface area (Å²) in [5, 5.41) is 6.22. The van der Waals surface area contributed by atoms with E-state index in [1.165, 1.54) is 6.07 Å². The second-order valence-electron chi connectivity index (χ2n) is 6.60. The van der Waals surface area contributed by atoms with Crippen molar-refractivity contribution in [2.24, 2.45) is 0 Å². The molecule has 5 nitrogen and oxygen atoms in total. The van der Waals surface area contributed by atoms with Gasteiger partial charge in [-0.1, -0.05) is 41.9 Å². The van der Waals surface area contributed by atoms with Gasteiger partial charge < -0.3 is 9.73 Å². The fraction of sp³-hybridized carbons (Fsp3) is 0. The van der Waals surface area contributed by atoms with E-state index in [2.05, 4.69) is 10.6 Å². The maximum Gasteiger partial charge on any atom is 0.344 e. The van der Waals surface area contributed by atoms with E-state index < -0.39 is 17.3 Å². The summed E-state index contributed by atoms with van der Waals surface area (Å²) in [6.07, 6.45) is 0. The number of fused-ring (bicyclic) bond motifs is 1. The molecule has 4 aromatic rings. The summed E-state index contributed by atoms with van der Waals surface area (Å²) in [5.41, 5.74) is 1.91. The molecular formula is C23H14ClFN2O3S. The van der Waals surface area contributed by atoms with Gasteiger partial charge in [0.05, 0.1) is 16.1 Å². The number of amides is 1. The molecule has 31 heavy (non-hydrogen) atoms. The molecule has 4 rings (SSSR count). The molecule has 0 atom stereocenters. The smallest absolute Gasteiger partial charge is 0.344 e. The third kappa shape index (κ3) is 4.63. The van der Waals surface area contributed by atoms with E-state index in [1.54, 1.807) is 42.5 Å². The summed E-state index contributed by atoms with van der Waals surface area (Å²) in [4.78, 5) is 24.6. The highest BCUT2D eigenvalue weighted by Crippen LogP contribution is 2.23. The maximum absolute atomic E-state index is 13.1. The van der Waals surface area contributed by atoms with Crippen LogP contribution in [0.4, 0.5) is 10.1 Å². The van der Waals surface area contributed by atoms with Gasteiger partial charge in [0.25, 0.3) is 5.91 Å². The molecule has 8 heteroatoms. The van der Waals surface area contributed by atoms with E-state index in [1.807, 2.05) is 12.1 Å². The van der Waals surface area contributed by atoms with Gasteiger partial charge in [-0.3, -0.25) is 10.1 Å². The van der Waals surface area contributed by atoms with Crippen LogP contribution in [-0.4, -0.2) is 11.0 Å². The topological polar surface area (TPSA) is 71.3 Å². The van der Waals surface area contributed by atoms with Crippen LogP contribution in [0, 0.1) is 5.82 Å². The van der Waals surface area contributed by atoms with Crippen LogP contribution in [-0.2, 0) is 0 Å². The number of para-hydroxylation sites is 1. The van der Waals surface area contributed by atoms with Gasteiger partial charge in [-0.15, -0.1) is 0 Å². The van der Waals surface area contributed by atoms with E-state index in [-0.39, 0.29) is 15.7 Å². The van der Waals surface area contributed by atoms with Crippen LogP contribution in [0.1, 0.15) is 10.4 Å². The largest absolute Gasteiger partial charge is 0.422 e. The number of rotatable bonds is 3. The van der Waals surface area contributed by atoms with Gasteiger partial charge in [-0.05, 0) is 60.2 Å². The van der Waals surface area contributed by atoms with E-state index in [0.717, 1.165) is 17.5 Å². The van der Waals surface area contributed by atoms with Gasteiger partial charge in [0, 0.05) is 11.1 Å².